The smallest absolute Gasteiger partial charge is 0.249 e. The Morgan fingerprint density at radius 3 is 1.30 bits per heavy atom. The van der Waals surface area contributed by atoms with Crippen molar-refractivity contribution in [3.63, 3.8) is 0 Å². The van der Waals surface area contributed by atoms with Crippen LogP contribution in [0.4, 0.5) is 0 Å². The standard InChI is InChI=1S/C58H109NO10/c1-3-5-7-9-11-13-15-17-18-19-20-21-22-23-24-25-26-27-28-29-30-31-32-34-36-38-40-42-44-46-51(62)57(67)59-49(48-68-58-56(66)55(65)54(64)52(47-60)69-58)53(63)50(61)45-43-41-39-37-35-33-16-14-12-10-8-6-4-2/h6,8,14,16,37,39,49-56,58,60-66H,3-5,7,9-13,15,17-36,38,40-48H2,1-2H3,(H,59,67)/b8-6+,16-14+,39-37+. The molecular formula is C58H109NO10. The molecule has 11 nitrogen and oxygen atoms in total. The van der Waals surface area contributed by atoms with Crippen LogP contribution < -0.4 is 5.32 Å². The first-order valence-corrected chi connectivity index (χ1v) is 28.9. The van der Waals surface area contributed by atoms with Gasteiger partial charge in [-0.1, -0.05) is 237 Å². The maximum absolute atomic E-state index is 13.2. The molecule has 406 valence electrons. The van der Waals surface area contributed by atoms with E-state index in [0.717, 1.165) is 51.4 Å². The first kappa shape index (κ1) is 65.3. The zero-order valence-electron chi connectivity index (χ0n) is 44.3. The second-order valence-electron chi connectivity index (χ2n) is 20.3. The number of carbonyl (C=O) groups is 1. The predicted octanol–water partition coefficient (Wildman–Crippen LogP) is 11.9. The number of hydrogen-bond acceptors (Lipinski definition) is 10. The van der Waals surface area contributed by atoms with Crippen molar-refractivity contribution in [3.05, 3.63) is 36.5 Å². The summed E-state index contributed by atoms with van der Waals surface area (Å²) in [6, 6.07) is -1.19. The molecule has 0 spiro atoms. The monoisotopic (exact) mass is 980 g/mol. The highest BCUT2D eigenvalue weighted by molar-refractivity contribution is 5.80. The first-order chi connectivity index (χ1) is 33.7. The summed E-state index contributed by atoms with van der Waals surface area (Å²) in [5.41, 5.74) is 0. The summed E-state index contributed by atoms with van der Waals surface area (Å²) >= 11 is 0. The highest BCUT2D eigenvalue weighted by Gasteiger charge is 2.44. The maximum atomic E-state index is 13.2. The fourth-order valence-electron chi connectivity index (χ4n) is 9.25. The SMILES string of the molecule is CC/C=C/CC/C=C/CC/C=C/CCCC(O)C(O)C(COC1OC(CO)C(O)C(O)C1O)NC(=O)C(O)CCCCCCCCCCCCCCCCCCCCCCCCCCCCCCC. The number of ether oxygens (including phenoxy) is 2. The number of amides is 1. The lowest BCUT2D eigenvalue weighted by atomic mass is 9.98. The van der Waals surface area contributed by atoms with Gasteiger partial charge in [0.1, 0.15) is 36.6 Å². The molecule has 1 fully saturated rings. The van der Waals surface area contributed by atoms with Crippen molar-refractivity contribution < 1.29 is 50.0 Å². The van der Waals surface area contributed by atoms with E-state index < -0.39 is 74.2 Å². The Balaban J connectivity index is 2.23. The van der Waals surface area contributed by atoms with E-state index in [0.29, 0.717) is 19.3 Å². The van der Waals surface area contributed by atoms with Crippen molar-refractivity contribution in [1.82, 2.24) is 5.32 Å². The Hall–Kier alpha value is -1.67. The molecule has 0 aliphatic carbocycles. The molecule has 1 aliphatic heterocycles. The van der Waals surface area contributed by atoms with Gasteiger partial charge in [-0.25, -0.2) is 0 Å². The number of aliphatic hydroxyl groups is 7. The van der Waals surface area contributed by atoms with E-state index in [4.69, 9.17) is 9.47 Å². The van der Waals surface area contributed by atoms with Crippen LogP contribution in [0.15, 0.2) is 36.5 Å². The van der Waals surface area contributed by atoms with Gasteiger partial charge in [0.05, 0.1) is 25.4 Å². The van der Waals surface area contributed by atoms with E-state index >= 15 is 0 Å². The molecule has 0 aromatic rings. The van der Waals surface area contributed by atoms with E-state index in [1.165, 1.54) is 161 Å². The van der Waals surface area contributed by atoms with E-state index in [1.807, 2.05) is 0 Å². The lowest BCUT2D eigenvalue weighted by Crippen LogP contribution is -2.60. The number of carbonyl (C=O) groups excluding carboxylic acids is 1. The average Bonchev–Trinajstić information content (AvgIpc) is 3.35. The molecule has 1 aliphatic rings. The number of allylic oxidation sites excluding steroid dienone is 6. The molecule has 9 unspecified atom stereocenters. The van der Waals surface area contributed by atoms with Gasteiger partial charge < -0.3 is 50.5 Å². The summed E-state index contributed by atoms with van der Waals surface area (Å²) in [7, 11) is 0. The Morgan fingerprint density at radius 2 is 0.899 bits per heavy atom. The summed E-state index contributed by atoms with van der Waals surface area (Å²) in [5.74, 6) is -0.710. The summed E-state index contributed by atoms with van der Waals surface area (Å²) < 4.78 is 11.1. The molecule has 0 radical (unpaired) electrons. The Kier molecular flexibility index (Phi) is 44.8. The van der Waals surface area contributed by atoms with Crippen molar-refractivity contribution >= 4 is 5.91 Å². The van der Waals surface area contributed by atoms with Gasteiger partial charge >= 0.3 is 0 Å². The Morgan fingerprint density at radius 1 is 0.507 bits per heavy atom. The molecule has 69 heavy (non-hydrogen) atoms. The average molecular weight is 981 g/mol. The van der Waals surface area contributed by atoms with Crippen molar-refractivity contribution in [1.29, 1.82) is 0 Å². The second kappa shape index (κ2) is 47.3. The zero-order chi connectivity index (χ0) is 50.4. The number of hydrogen-bond donors (Lipinski definition) is 8. The van der Waals surface area contributed by atoms with Gasteiger partial charge in [0.25, 0.3) is 0 Å². The molecule has 8 N–H and O–H groups in total. The fourth-order valence-corrected chi connectivity index (χ4v) is 9.25. The van der Waals surface area contributed by atoms with E-state index in [9.17, 15) is 40.5 Å². The van der Waals surface area contributed by atoms with Crippen LogP contribution in [-0.2, 0) is 14.3 Å². The molecule has 9 atom stereocenters. The fraction of sp³-hybridized carbons (Fsp3) is 0.879. The molecular weight excluding hydrogens is 871 g/mol. The zero-order valence-corrected chi connectivity index (χ0v) is 44.3. The van der Waals surface area contributed by atoms with Gasteiger partial charge in [-0.15, -0.1) is 0 Å². The molecule has 0 saturated carbocycles. The summed E-state index contributed by atoms with van der Waals surface area (Å²) in [6.45, 7) is 3.33. The van der Waals surface area contributed by atoms with Crippen LogP contribution in [0.1, 0.15) is 258 Å². The lowest BCUT2D eigenvalue weighted by Gasteiger charge is -2.40. The highest BCUT2D eigenvalue weighted by Crippen LogP contribution is 2.23. The maximum Gasteiger partial charge on any atom is 0.249 e. The first-order valence-electron chi connectivity index (χ1n) is 28.9. The molecule has 1 heterocycles. The quantitative estimate of drug-likeness (QED) is 0.0215. The molecule has 0 aromatic heterocycles. The van der Waals surface area contributed by atoms with Crippen LogP contribution in [0, 0.1) is 0 Å². The van der Waals surface area contributed by atoms with Crippen LogP contribution in [0.25, 0.3) is 0 Å². The third-order valence-corrected chi connectivity index (χ3v) is 13.9. The van der Waals surface area contributed by atoms with Crippen LogP contribution in [0.2, 0.25) is 0 Å². The van der Waals surface area contributed by atoms with Gasteiger partial charge in [0.15, 0.2) is 6.29 Å². The van der Waals surface area contributed by atoms with E-state index in [1.54, 1.807) is 0 Å². The third-order valence-electron chi connectivity index (χ3n) is 13.9. The Labute approximate surface area is 422 Å². The molecule has 1 rings (SSSR count). The van der Waals surface area contributed by atoms with Crippen molar-refractivity contribution in [2.45, 2.75) is 313 Å². The normalized spacial score (nSPS) is 20.6. The minimum Gasteiger partial charge on any atom is -0.394 e. The summed E-state index contributed by atoms with van der Waals surface area (Å²) in [5, 5.41) is 75.9. The van der Waals surface area contributed by atoms with Crippen molar-refractivity contribution in [2.75, 3.05) is 13.2 Å². The summed E-state index contributed by atoms with van der Waals surface area (Å²) in [6.07, 6.45) is 46.6. The van der Waals surface area contributed by atoms with Crippen LogP contribution in [0.3, 0.4) is 0 Å². The third kappa shape index (κ3) is 36.0. The minimum atomic E-state index is -1.67. The largest absolute Gasteiger partial charge is 0.394 e. The minimum absolute atomic E-state index is 0.241. The van der Waals surface area contributed by atoms with Crippen molar-refractivity contribution in [3.8, 4) is 0 Å². The van der Waals surface area contributed by atoms with Crippen molar-refractivity contribution in [2.24, 2.45) is 0 Å². The number of aliphatic hydroxyl groups excluding tert-OH is 7. The van der Waals surface area contributed by atoms with Crippen LogP contribution in [0.5, 0.6) is 0 Å². The highest BCUT2D eigenvalue weighted by atomic mass is 16.7. The number of rotatable bonds is 49. The van der Waals surface area contributed by atoms with Gasteiger partial charge in [-0.2, -0.15) is 0 Å². The number of nitrogens with one attached hydrogen (secondary N) is 1. The molecule has 1 saturated heterocycles. The van der Waals surface area contributed by atoms with Crippen LogP contribution in [-0.4, -0.2) is 110 Å². The van der Waals surface area contributed by atoms with E-state index in [-0.39, 0.29) is 12.8 Å². The lowest BCUT2D eigenvalue weighted by molar-refractivity contribution is -0.303. The van der Waals surface area contributed by atoms with E-state index in [2.05, 4.69) is 55.6 Å². The van der Waals surface area contributed by atoms with Gasteiger partial charge in [0.2, 0.25) is 5.91 Å². The molecule has 0 bridgehead atoms. The van der Waals surface area contributed by atoms with Gasteiger partial charge in [-0.05, 0) is 57.8 Å². The Bertz CT molecular complexity index is 1210. The molecule has 1 amide bonds. The molecule has 0 aromatic carbocycles. The number of unbranched alkanes of at least 4 members (excludes halogenated alkanes) is 31. The molecule has 11 heteroatoms. The predicted molar refractivity (Wildman–Crippen MR) is 284 cm³/mol. The topological polar surface area (TPSA) is 189 Å². The van der Waals surface area contributed by atoms with Gasteiger partial charge in [-0.3, -0.25) is 4.79 Å². The van der Waals surface area contributed by atoms with Gasteiger partial charge in [0, 0.05) is 0 Å². The second-order valence-corrected chi connectivity index (χ2v) is 20.3. The van der Waals surface area contributed by atoms with Crippen LogP contribution >= 0.6 is 0 Å². The summed E-state index contributed by atoms with van der Waals surface area (Å²) in [4.78, 5) is 13.2.